The molecule has 0 aliphatic carbocycles. The van der Waals surface area contributed by atoms with E-state index >= 15 is 0 Å². The number of hydrogen-bond acceptors (Lipinski definition) is 6. The summed E-state index contributed by atoms with van der Waals surface area (Å²) in [4.78, 5) is 37.1. The Morgan fingerprint density at radius 2 is 1.94 bits per heavy atom. The molecule has 168 valence electrons. The third-order valence-corrected chi connectivity index (χ3v) is 6.46. The normalized spacial score (nSPS) is 15.5. The van der Waals surface area contributed by atoms with Gasteiger partial charge in [0.15, 0.2) is 0 Å². The van der Waals surface area contributed by atoms with Crippen LogP contribution >= 0.6 is 11.8 Å². The van der Waals surface area contributed by atoms with Crippen molar-refractivity contribution in [2.45, 2.75) is 24.9 Å². The Hall–Kier alpha value is -3.72. The zero-order chi connectivity index (χ0) is 22.1. The maximum atomic E-state index is 13.2. The topological polar surface area (TPSA) is 93.0 Å². The number of benzene rings is 2. The zero-order valence-corrected chi connectivity index (χ0v) is 18.1. The monoisotopic (exact) mass is 460 g/mol. The number of carbonyl (C=O) groups is 2. The van der Waals surface area contributed by atoms with Gasteiger partial charge < -0.3 is 10.2 Å². The molecule has 0 fully saturated rings. The molecule has 0 radical (unpaired) electrons. The first-order valence-electron chi connectivity index (χ1n) is 10.1. The van der Waals surface area contributed by atoms with Crippen LogP contribution in [0.1, 0.15) is 23.6 Å². The minimum atomic E-state index is -0.697. The first-order valence-corrected chi connectivity index (χ1v) is 11.1. The molecule has 2 aromatic heterocycles. The lowest BCUT2D eigenvalue weighted by Gasteiger charge is -2.22. The SMILES string of the molecule is C.CN1C(=O)[C@@H](NC(=O)c2ncn(Cc3ccccc3)n2)CSc2ccc3ncccc3c21. The Kier molecular flexibility index (Phi) is 6.41. The van der Waals surface area contributed by atoms with Crippen LogP contribution in [0, 0.1) is 0 Å². The lowest BCUT2D eigenvalue weighted by molar-refractivity contribution is -0.119. The number of thioether (sulfide) groups is 1. The molecular formula is C24H24N6O2S. The molecule has 5 rings (SSSR count). The molecule has 0 saturated heterocycles. The van der Waals surface area contributed by atoms with E-state index in [-0.39, 0.29) is 19.2 Å². The van der Waals surface area contributed by atoms with Crippen molar-refractivity contribution < 1.29 is 9.59 Å². The van der Waals surface area contributed by atoms with Crippen molar-refractivity contribution in [1.82, 2.24) is 25.1 Å². The summed E-state index contributed by atoms with van der Waals surface area (Å²) in [5.41, 5.74) is 2.69. The van der Waals surface area contributed by atoms with Gasteiger partial charge >= 0.3 is 0 Å². The molecule has 0 bridgehead atoms. The third-order valence-electron chi connectivity index (χ3n) is 5.32. The standard InChI is InChI=1S/C23H20N6O2S.CH4/c1-28-20-16-8-5-11-24-17(16)9-10-19(20)32-13-18(23(28)31)26-22(30)21-25-14-29(27-21)12-15-6-3-2-4-7-15;/h2-11,14,18H,12-13H2,1H3,(H,26,30);1H4/t18-;/m0./s1. The van der Waals surface area contributed by atoms with Crippen molar-refractivity contribution in [2.24, 2.45) is 0 Å². The quantitative estimate of drug-likeness (QED) is 0.502. The average molecular weight is 461 g/mol. The van der Waals surface area contributed by atoms with Gasteiger partial charge in [-0.25, -0.2) is 9.67 Å². The van der Waals surface area contributed by atoms with Crippen molar-refractivity contribution in [3.8, 4) is 0 Å². The van der Waals surface area contributed by atoms with Crippen LogP contribution in [-0.2, 0) is 11.3 Å². The summed E-state index contributed by atoms with van der Waals surface area (Å²) in [6.07, 6.45) is 3.25. The number of carbonyl (C=O) groups excluding carboxylic acids is 2. The van der Waals surface area contributed by atoms with Crippen LogP contribution in [0.5, 0.6) is 0 Å². The van der Waals surface area contributed by atoms with Crippen molar-refractivity contribution in [1.29, 1.82) is 0 Å². The first-order chi connectivity index (χ1) is 15.6. The van der Waals surface area contributed by atoms with Crippen LogP contribution in [0.25, 0.3) is 10.9 Å². The molecule has 0 unspecified atom stereocenters. The Bertz CT molecular complexity index is 1310. The van der Waals surface area contributed by atoms with Gasteiger partial charge in [0.2, 0.25) is 11.7 Å². The average Bonchev–Trinajstić information content (AvgIpc) is 3.25. The van der Waals surface area contributed by atoms with Gasteiger partial charge in [0.1, 0.15) is 12.4 Å². The van der Waals surface area contributed by atoms with E-state index in [1.807, 2.05) is 54.6 Å². The van der Waals surface area contributed by atoms with Gasteiger partial charge in [-0.1, -0.05) is 37.8 Å². The number of hydrogen-bond donors (Lipinski definition) is 1. The largest absolute Gasteiger partial charge is 0.337 e. The number of rotatable bonds is 4. The highest BCUT2D eigenvalue weighted by Crippen LogP contribution is 2.38. The molecule has 1 aliphatic rings. The summed E-state index contributed by atoms with van der Waals surface area (Å²) in [6.45, 7) is 0.512. The number of nitrogens with zero attached hydrogens (tertiary/aromatic N) is 5. The fourth-order valence-corrected chi connectivity index (χ4v) is 4.86. The Morgan fingerprint density at radius 1 is 1.12 bits per heavy atom. The minimum Gasteiger partial charge on any atom is -0.337 e. The molecule has 1 aliphatic heterocycles. The molecule has 33 heavy (non-hydrogen) atoms. The molecule has 2 aromatic carbocycles. The Balaban J connectivity index is 0.00000259. The smallest absolute Gasteiger partial charge is 0.291 e. The van der Waals surface area contributed by atoms with E-state index in [2.05, 4.69) is 20.4 Å². The first kappa shape index (κ1) is 22.5. The van der Waals surface area contributed by atoms with Crippen LogP contribution < -0.4 is 10.2 Å². The van der Waals surface area contributed by atoms with Crippen LogP contribution in [0.3, 0.4) is 0 Å². The predicted molar refractivity (Wildman–Crippen MR) is 129 cm³/mol. The minimum absolute atomic E-state index is 0. The van der Waals surface area contributed by atoms with Gasteiger partial charge in [0.25, 0.3) is 5.91 Å². The van der Waals surface area contributed by atoms with Crippen molar-refractivity contribution in [3.05, 3.63) is 78.5 Å². The number of pyridine rings is 1. The molecule has 0 spiro atoms. The second-order valence-corrected chi connectivity index (χ2v) is 8.53. The number of aromatic nitrogens is 4. The fraction of sp³-hybridized carbons (Fsp3) is 0.208. The van der Waals surface area contributed by atoms with E-state index in [9.17, 15) is 9.59 Å². The number of nitrogens with one attached hydrogen (secondary N) is 1. The lowest BCUT2D eigenvalue weighted by Crippen LogP contribution is -2.48. The molecule has 8 nitrogen and oxygen atoms in total. The van der Waals surface area contributed by atoms with Crippen LogP contribution in [0.2, 0.25) is 0 Å². The van der Waals surface area contributed by atoms with E-state index in [4.69, 9.17) is 0 Å². The summed E-state index contributed by atoms with van der Waals surface area (Å²) in [5.74, 6) is -0.206. The summed E-state index contributed by atoms with van der Waals surface area (Å²) >= 11 is 1.53. The maximum Gasteiger partial charge on any atom is 0.291 e. The lowest BCUT2D eigenvalue weighted by atomic mass is 10.1. The highest BCUT2D eigenvalue weighted by Gasteiger charge is 2.31. The number of anilines is 1. The summed E-state index contributed by atoms with van der Waals surface area (Å²) in [7, 11) is 1.73. The van der Waals surface area contributed by atoms with Gasteiger partial charge in [-0.05, 0) is 29.8 Å². The predicted octanol–water partition coefficient (Wildman–Crippen LogP) is 3.38. The van der Waals surface area contributed by atoms with Crippen LogP contribution in [0.15, 0.2) is 72.0 Å². The number of amides is 2. The second kappa shape index (κ2) is 9.41. The molecule has 1 atom stereocenters. The second-order valence-electron chi connectivity index (χ2n) is 7.47. The Labute approximate surface area is 196 Å². The van der Waals surface area contributed by atoms with Gasteiger partial charge in [-0.15, -0.1) is 16.9 Å². The summed E-state index contributed by atoms with van der Waals surface area (Å²) in [5, 5.41) is 7.99. The number of likely N-dealkylation sites (N-methyl/N-ethyl adjacent to an activating group) is 1. The van der Waals surface area contributed by atoms with E-state index in [0.717, 1.165) is 27.0 Å². The maximum absolute atomic E-state index is 13.2. The van der Waals surface area contributed by atoms with E-state index in [1.165, 1.54) is 18.1 Å². The van der Waals surface area contributed by atoms with Crippen molar-refractivity contribution in [3.63, 3.8) is 0 Å². The molecule has 1 N–H and O–H groups in total. The molecule has 0 saturated carbocycles. The van der Waals surface area contributed by atoms with Crippen molar-refractivity contribution >= 4 is 40.2 Å². The molecule has 4 aromatic rings. The molecule has 9 heteroatoms. The summed E-state index contributed by atoms with van der Waals surface area (Å²) in [6, 6.07) is 16.8. The van der Waals surface area contributed by atoms with Gasteiger partial charge in [0.05, 0.1) is 17.7 Å². The van der Waals surface area contributed by atoms with Gasteiger partial charge in [-0.3, -0.25) is 14.6 Å². The molecule has 3 heterocycles. The Morgan fingerprint density at radius 3 is 2.76 bits per heavy atom. The highest BCUT2D eigenvalue weighted by atomic mass is 32.2. The zero-order valence-electron chi connectivity index (χ0n) is 17.3. The van der Waals surface area contributed by atoms with E-state index in [0.29, 0.717) is 12.3 Å². The van der Waals surface area contributed by atoms with Crippen molar-refractivity contribution in [2.75, 3.05) is 17.7 Å². The fourth-order valence-electron chi connectivity index (χ4n) is 3.74. The van der Waals surface area contributed by atoms with Crippen LogP contribution in [0.4, 0.5) is 5.69 Å². The van der Waals surface area contributed by atoms with Gasteiger partial charge in [0, 0.05) is 29.3 Å². The van der Waals surface area contributed by atoms with Crippen LogP contribution in [-0.4, -0.2) is 50.4 Å². The van der Waals surface area contributed by atoms with E-state index in [1.54, 1.807) is 22.8 Å². The molecule has 2 amide bonds. The third kappa shape index (κ3) is 4.45. The molecular weight excluding hydrogens is 436 g/mol. The van der Waals surface area contributed by atoms with Gasteiger partial charge in [-0.2, -0.15) is 0 Å². The summed E-state index contributed by atoms with van der Waals surface area (Å²) < 4.78 is 1.61. The van der Waals surface area contributed by atoms with E-state index < -0.39 is 11.9 Å². The highest BCUT2D eigenvalue weighted by molar-refractivity contribution is 7.99. The number of fused-ring (bicyclic) bond motifs is 3.